The molecule has 1 unspecified atom stereocenters. The fourth-order valence-corrected chi connectivity index (χ4v) is 2.98. The second kappa shape index (κ2) is 7.19. The standard InChI is InChI=1S/C19H16BrF2N3O2/c1-11-16(18(27)25(24-11)15-8-6-13(20)7-9-15)17(26)23-14-5-3-4-12(10-14)19(2,21)22/h3-10,16H,1-2H3,(H,23,26). The van der Waals surface area contributed by atoms with E-state index in [0.29, 0.717) is 11.4 Å². The molecule has 2 amide bonds. The molecule has 0 aliphatic carbocycles. The average Bonchev–Trinajstić information content (AvgIpc) is 2.89. The lowest BCUT2D eigenvalue weighted by atomic mass is 10.0. The van der Waals surface area contributed by atoms with Gasteiger partial charge in [-0.15, -0.1) is 0 Å². The van der Waals surface area contributed by atoms with Crippen molar-refractivity contribution in [2.45, 2.75) is 19.8 Å². The summed E-state index contributed by atoms with van der Waals surface area (Å²) in [7, 11) is 0. The van der Waals surface area contributed by atoms with Gasteiger partial charge in [0.05, 0.1) is 11.4 Å². The van der Waals surface area contributed by atoms with Crippen LogP contribution in [0.2, 0.25) is 0 Å². The van der Waals surface area contributed by atoms with E-state index in [1.54, 1.807) is 31.2 Å². The Hall–Kier alpha value is -2.61. The molecule has 27 heavy (non-hydrogen) atoms. The van der Waals surface area contributed by atoms with Gasteiger partial charge in [0.1, 0.15) is 0 Å². The number of amides is 2. The first-order chi connectivity index (χ1) is 12.7. The van der Waals surface area contributed by atoms with Gasteiger partial charge in [0.25, 0.3) is 11.8 Å². The largest absolute Gasteiger partial charge is 0.325 e. The summed E-state index contributed by atoms with van der Waals surface area (Å²) in [6.07, 6.45) is 0. The maximum Gasteiger partial charge on any atom is 0.270 e. The Bertz CT molecular complexity index is 923. The van der Waals surface area contributed by atoms with E-state index in [1.165, 1.54) is 29.3 Å². The van der Waals surface area contributed by atoms with Gasteiger partial charge in [-0.3, -0.25) is 9.59 Å². The highest BCUT2D eigenvalue weighted by Crippen LogP contribution is 2.30. The normalized spacial score (nSPS) is 17.1. The Morgan fingerprint density at radius 3 is 2.52 bits per heavy atom. The average molecular weight is 436 g/mol. The molecule has 0 saturated heterocycles. The number of carbonyl (C=O) groups excluding carboxylic acids is 2. The minimum absolute atomic E-state index is 0.196. The van der Waals surface area contributed by atoms with Gasteiger partial charge in [-0.2, -0.15) is 10.1 Å². The summed E-state index contributed by atoms with van der Waals surface area (Å²) in [5.74, 6) is -5.25. The lowest BCUT2D eigenvalue weighted by molar-refractivity contribution is -0.127. The van der Waals surface area contributed by atoms with Crippen LogP contribution < -0.4 is 10.3 Å². The van der Waals surface area contributed by atoms with Crippen molar-refractivity contribution < 1.29 is 18.4 Å². The Morgan fingerprint density at radius 2 is 1.89 bits per heavy atom. The number of hydrogen-bond donors (Lipinski definition) is 1. The second-order valence-electron chi connectivity index (χ2n) is 6.26. The van der Waals surface area contributed by atoms with Gasteiger partial charge >= 0.3 is 0 Å². The maximum absolute atomic E-state index is 13.5. The highest BCUT2D eigenvalue weighted by atomic mass is 79.9. The molecule has 8 heteroatoms. The van der Waals surface area contributed by atoms with E-state index >= 15 is 0 Å². The number of nitrogens with zero attached hydrogens (tertiary/aromatic N) is 2. The predicted octanol–water partition coefficient (Wildman–Crippen LogP) is 4.54. The van der Waals surface area contributed by atoms with Crippen molar-refractivity contribution in [2.24, 2.45) is 11.0 Å². The third-order valence-electron chi connectivity index (χ3n) is 4.10. The molecule has 0 fully saturated rings. The smallest absolute Gasteiger partial charge is 0.270 e. The van der Waals surface area contributed by atoms with Gasteiger partial charge < -0.3 is 5.32 Å². The number of hydrazone groups is 1. The SMILES string of the molecule is CC1=NN(c2ccc(Br)cc2)C(=O)C1C(=O)Nc1cccc(C(C)(F)F)c1. The van der Waals surface area contributed by atoms with Gasteiger partial charge in [-0.1, -0.05) is 28.1 Å². The van der Waals surface area contributed by atoms with E-state index in [9.17, 15) is 18.4 Å². The number of alkyl halides is 2. The first kappa shape index (κ1) is 19.2. The first-order valence-corrected chi connectivity index (χ1v) is 8.90. The molecule has 0 aromatic heterocycles. The lowest BCUT2D eigenvalue weighted by Crippen LogP contribution is -2.36. The minimum Gasteiger partial charge on any atom is -0.325 e. The fourth-order valence-electron chi connectivity index (χ4n) is 2.72. The molecule has 3 rings (SSSR count). The molecule has 2 aromatic carbocycles. The molecule has 0 bridgehead atoms. The number of halogens is 3. The summed E-state index contributed by atoms with van der Waals surface area (Å²) in [4.78, 5) is 25.3. The molecule has 1 aliphatic rings. The van der Waals surface area contributed by atoms with Crippen LogP contribution in [0, 0.1) is 5.92 Å². The summed E-state index contributed by atoms with van der Waals surface area (Å²) in [5.41, 5.74) is 0.838. The second-order valence-corrected chi connectivity index (χ2v) is 7.17. The molecule has 1 N–H and O–H groups in total. The molecular weight excluding hydrogens is 420 g/mol. The zero-order valence-electron chi connectivity index (χ0n) is 14.5. The van der Waals surface area contributed by atoms with Gasteiger partial charge in [0, 0.05) is 22.6 Å². The zero-order chi connectivity index (χ0) is 19.8. The molecule has 0 radical (unpaired) electrons. The molecule has 1 heterocycles. The first-order valence-electron chi connectivity index (χ1n) is 8.10. The van der Waals surface area contributed by atoms with Crippen LogP contribution in [0.5, 0.6) is 0 Å². The molecular formula is C19H16BrF2N3O2. The third-order valence-corrected chi connectivity index (χ3v) is 4.63. The van der Waals surface area contributed by atoms with Crippen LogP contribution in [0.4, 0.5) is 20.2 Å². The Labute approximate surface area is 163 Å². The summed E-state index contributed by atoms with van der Waals surface area (Å²) in [6, 6.07) is 12.3. The molecule has 1 aliphatic heterocycles. The summed E-state index contributed by atoms with van der Waals surface area (Å²) in [5, 5.41) is 7.87. The number of carbonyl (C=O) groups is 2. The highest BCUT2D eigenvalue weighted by Gasteiger charge is 2.39. The van der Waals surface area contributed by atoms with E-state index in [0.717, 1.165) is 11.4 Å². The van der Waals surface area contributed by atoms with Crippen LogP contribution in [-0.4, -0.2) is 17.5 Å². The summed E-state index contributed by atoms with van der Waals surface area (Å²) < 4.78 is 27.8. The number of nitrogens with one attached hydrogen (secondary N) is 1. The van der Waals surface area contributed by atoms with Crippen molar-refractivity contribution >= 4 is 44.8 Å². The molecule has 2 aromatic rings. The van der Waals surface area contributed by atoms with E-state index in [2.05, 4.69) is 26.3 Å². The van der Waals surface area contributed by atoms with Crippen molar-refractivity contribution in [1.29, 1.82) is 0 Å². The number of anilines is 2. The van der Waals surface area contributed by atoms with Crippen LogP contribution in [0.1, 0.15) is 19.4 Å². The van der Waals surface area contributed by atoms with Crippen LogP contribution in [0.3, 0.4) is 0 Å². The van der Waals surface area contributed by atoms with Crippen LogP contribution in [0.25, 0.3) is 0 Å². The molecule has 5 nitrogen and oxygen atoms in total. The summed E-state index contributed by atoms with van der Waals surface area (Å²) in [6.45, 7) is 2.36. The topological polar surface area (TPSA) is 61.8 Å². The van der Waals surface area contributed by atoms with Crippen molar-refractivity contribution in [3.05, 3.63) is 58.6 Å². The van der Waals surface area contributed by atoms with E-state index < -0.39 is 23.7 Å². The zero-order valence-corrected chi connectivity index (χ0v) is 16.1. The Kier molecular flexibility index (Phi) is 5.10. The van der Waals surface area contributed by atoms with Crippen LogP contribution in [-0.2, 0) is 15.5 Å². The van der Waals surface area contributed by atoms with Crippen molar-refractivity contribution in [2.75, 3.05) is 10.3 Å². The maximum atomic E-state index is 13.5. The Balaban J connectivity index is 1.79. The van der Waals surface area contributed by atoms with Crippen LogP contribution in [0.15, 0.2) is 58.1 Å². The highest BCUT2D eigenvalue weighted by molar-refractivity contribution is 9.10. The molecule has 0 spiro atoms. The predicted molar refractivity (Wildman–Crippen MR) is 103 cm³/mol. The third kappa shape index (κ3) is 4.05. The van der Waals surface area contributed by atoms with E-state index in [-0.39, 0.29) is 11.3 Å². The molecule has 1 atom stereocenters. The van der Waals surface area contributed by atoms with Gasteiger partial charge in [-0.05, 0) is 43.3 Å². The molecule has 0 saturated carbocycles. The van der Waals surface area contributed by atoms with E-state index in [4.69, 9.17) is 0 Å². The Morgan fingerprint density at radius 1 is 1.22 bits per heavy atom. The van der Waals surface area contributed by atoms with Gasteiger partial charge in [0.2, 0.25) is 5.91 Å². The monoisotopic (exact) mass is 435 g/mol. The minimum atomic E-state index is -3.03. The fraction of sp³-hybridized carbons (Fsp3) is 0.211. The number of rotatable bonds is 4. The van der Waals surface area contributed by atoms with Gasteiger partial charge in [-0.25, -0.2) is 8.78 Å². The number of benzene rings is 2. The summed E-state index contributed by atoms with van der Waals surface area (Å²) >= 11 is 3.32. The van der Waals surface area contributed by atoms with Gasteiger partial charge in [0.15, 0.2) is 5.92 Å². The van der Waals surface area contributed by atoms with E-state index in [1.807, 2.05) is 0 Å². The van der Waals surface area contributed by atoms with Crippen molar-refractivity contribution in [1.82, 2.24) is 0 Å². The molecule has 140 valence electrons. The quantitative estimate of drug-likeness (QED) is 0.716. The number of hydrogen-bond acceptors (Lipinski definition) is 3. The van der Waals surface area contributed by atoms with Crippen molar-refractivity contribution in [3.8, 4) is 0 Å². The van der Waals surface area contributed by atoms with Crippen molar-refractivity contribution in [3.63, 3.8) is 0 Å². The van der Waals surface area contributed by atoms with Crippen LogP contribution >= 0.6 is 15.9 Å². The lowest BCUT2D eigenvalue weighted by Gasteiger charge is -2.15.